The average molecular weight is 517 g/mol. The lowest BCUT2D eigenvalue weighted by Crippen LogP contribution is -2.21. The van der Waals surface area contributed by atoms with E-state index >= 15 is 0 Å². The van der Waals surface area contributed by atoms with Crippen molar-refractivity contribution in [2.45, 2.75) is 33.1 Å². The molecule has 10 heteroatoms. The van der Waals surface area contributed by atoms with Gasteiger partial charge in [0.15, 0.2) is 0 Å². The molecule has 9 nitrogen and oxygen atoms in total. The molecule has 0 saturated carbocycles. The van der Waals surface area contributed by atoms with Gasteiger partial charge in [0, 0.05) is 36.5 Å². The number of halogens is 1. The molecule has 0 bridgehead atoms. The van der Waals surface area contributed by atoms with Crippen LogP contribution in [-0.2, 0) is 5.41 Å². The van der Waals surface area contributed by atoms with Gasteiger partial charge in [-0.2, -0.15) is 5.10 Å². The molecule has 0 saturated heterocycles. The van der Waals surface area contributed by atoms with Gasteiger partial charge in [-0.1, -0.05) is 20.8 Å². The molecule has 2 aromatic heterocycles. The van der Waals surface area contributed by atoms with Gasteiger partial charge in [0.25, 0.3) is 5.91 Å². The zero-order valence-electron chi connectivity index (χ0n) is 21.8. The number of amides is 3. The van der Waals surface area contributed by atoms with E-state index in [0.29, 0.717) is 28.7 Å². The summed E-state index contributed by atoms with van der Waals surface area (Å²) in [4.78, 5) is 28.8. The molecule has 0 aliphatic carbocycles. The Morgan fingerprint density at radius 3 is 2.32 bits per heavy atom. The third-order valence-electron chi connectivity index (χ3n) is 5.66. The molecule has 2 aromatic carbocycles. The van der Waals surface area contributed by atoms with Crippen molar-refractivity contribution in [1.82, 2.24) is 20.1 Å². The normalized spacial score (nSPS) is 11.1. The minimum atomic E-state index is -0.463. The third kappa shape index (κ3) is 6.15. The fourth-order valence-corrected chi connectivity index (χ4v) is 3.59. The van der Waals surface area contributed by atoms with Gasteiger partial charge in [-0.3, -0.25) is 15.1 Å². The van der Waals surface area contributed by atoms with E-state index < -0.39 is 6.03 Å². The lowest BCUT2D eigenvalue weighted by molar-refractivity contribution is 0.0957. The highest BCUT2D eigenvalue weighted by molar-refractivity contribution is 6.00. The second-order valence-electron chi connectivity index (χ2n) is 9.67. The van der Waals surface area contributed by atoms with Crippen molar-refractivity contribution in [3.05, 3.63) is 89.6 Å². The van der Waals surface area contributed by atoms with E-state index in [-0.39, 0.29) is 22.8 Å². The predicted molar refractivity (Wildman–Crippen MR) is 144 cm³/mol. The molecule has 38 heavy (non-hydrogen) atoms. The van der Waals surface area contributed by atoms with Crippen LogP contribution in [-0.4, -0.2) is 33.8 Å². The first-order valence-electron chi connectivity index (χ1n) is 11.9. The number of ether oxygens (including phenoxy) is 1. The number of urea groups is 1. The second-order valence-corrected chi connectivity index (χ2v) is 9.67. The largest absolute Gasteiger partial charge is 0.457 e. The van der Waals surface area contributed by atoms with Gasteiger partial charge in [0.05, 0.1) is 11.4 Å². The monoisotopic (exact) mass is 516 g/mol. The molecule has 196 valence electrons. The van der Waals surface area contributed by atoms with Crippen molar-refractivity contribution in [3.63, 3.8) is 0 Å². The Bertz CT molecular complexity index is 1470. The first-order valence-corrected chi connectivity index (χ1v) is 11.9. The van der Waals surface area contributed by atoms with Gasteiger partial charge in [0.1, 0.15) is 28.8 Å². The maximum atomic E-state index is 13.5. The number of benzene rings is 2. The number of anilines is 2. The van der Waals surface area contributed by atoms with Crippen LogP contribution in [0.4, 0.5) is 20.7 Å². The van der Waals surface area contributed by atoms with Crippen molar-refractivity contribution >= 4 is 23.4 Å². The third-order valence-corrected chi connectivity index (χ3v) is 5.66. The van der Waals surface area contributed by atoms with Gasteiger partial charge in [-0.15, -0.1) is 0 Å². The molecule has 0 spiro atoms. The number of hydrogen-bond donors (Lipinski definition) is 3. The predicted octanol–water partition coefficient (Wildman–Crippen LogP) is 5.81. The molecule has 4 rings (SSSR count). The number of carbonyl (C=O) groups is 2. The van der Waals surface area contributed by atoms with Crippen molar-refractivity contribution < 1.29 is 18.7 Å². The molecule has 0 aliphatic rings. The summed E-state index contributed by atoms with van der Waals surface area (Å²) in [7, 11) is 1.53. The Morgan fingerprint density at radius 1 is 0.947 bits per heavy atom. The molecule has 3 N–H and O–H groups in total. The number of rotatable bonds is 6. The number of nitrogens with zero attached hydrogens (tertiary/aromatic N) is 3. The van der Waals surface area contributed by atoms with E-state index in [2.05, 4.69) is 26.0 Å². The van der Waals surface area contributed by atoms with E-state index in [9.17, 15) is 14.0 Å². The lowest BCUT2D eigenvalue weighted by atomic mass is 9.92. The molecule has 0 fully saturated rings. The molecule has 0 aliphatic heterocycles. The van der Waals surface area contributed by atoms with Crippen molar-refractivity contribution in [2.75, 3.05) is 17.7 Å². The number of pyridine rings is 1. The lowest BCUT2D eigenvalue weighted by Gasteiger charge is -2.14. The molecular formula is C28H29FN6O3. The SMILES string of the molecule is CNC(=O)c1cc(Oc2ccc(NC(=O)Nc3cc(C(C)(C)C)nn3-c3ccc(F)cc3)c(C)c2)ccn1. The molecule has 0 radical (unpaired) electrons. The van der Waals surface area contributed by atoms with E-state index in [4.69, 9.17) is 4.74 Å². The van der Waals surface area contributed by atoms with Crippen LogP contribution in [0.1, 0.15) is 42.5 Å². The number of aromatic nitrogens is 3. The second kappa shape index (κ2) is 10.7. The Hall–Kier alpha value is -4.73. The van der Waals surface area contributed by atoms with Crippen molar-refractivity contribution in [3.8, 4) is 17.2 Å². The smallest absolute Gasteiger partial charge is 0.324 e. The Kier molecular flexibility index (Phi) is 7.43. The zero-order chi connectivity index (χ0) is 27.4. The van der Waals surface area contributed by atoms with Crippen molar-refractivity contribution in [1.29, 1.82) is 0 Å². The Balaban J connectivity index is 1.50. The first-order chi connectivity index (χ1) is 18.0. The summed E-state index contributed by atoms with van der Waals surface area (Å²) >= 11 is 0. The fourth-order valence-electron chi connectivity index (χ4n) is 3.59. The summed E-state index contributed by atoms with van der Waals surface area (Å²) in [6.07, 6.45) is 1.49. The molecular weight excluding hydrogens is 487 g/mol. The standard InChI is InChI=1S/C28H29FN6O3/c1-17-14-20(38-21-12-13-31-23(15-21)26(36)30-5)10-11-22(17)32-27(37)33-25-16-24(28(2,3)4)34-35(25)19-8-6-18(29)7-9-19/h6-16H,1-5H3,(H,30,36)(H2,32,33,37). The minimum absolute atomic E-state index is 0.242. The highest BCUT2D eigenvalue weighted by atomic mass is 19.1. The fraction of sp³-hybridized carbons (Fsp3) is 0.214. The summed E-state index contributed by atoms with van der Waals surface area (Å²) in [6, 6.07) is 15.6. The Labute approximate surface area is 220 Å². The van der Waals surface area contributed by atoms with Crippen LogP contribution in [0.15, 0.2) is 66.9 Å². The van der Waals surface area contributed by atoms with Crippen LogP contribution in [0.3, 0.4) is 0 Å². The molecule has 4 aromatic rings. The van der Waals surface area contributed by atoms with Crippen LogP contribution in [0.25, 0.3) is 5.69 Å². The summed E-state index contributed by atoms with van der Waals surface area (Å²) in [5.74, 6) is 0.767. The van der Waals surface area contributed by atoms with E-state index in [0.717, 1.165) is 11.3 Å². The maximum Gasteiger partial charge on any atom is 0.324 e. The van der Waals surface area contributed by atoms with Crippen LogP contribution in [0.2, 0.25) is 0 Å². The number of nitrogens with one attached hydrogen (secondary N) is 3. The summed E-state index contributed by atoms with van der Waals surface area (Å²) in [5.41, 5.74) is 2.71. The molecule has 0 atom stereocenters. The van der Waals surface area contributed by atoms with Crippen molar-refractivity contribution in [2.24, 2.45) is 0 Å². The van der Waals surface area contributed by atoms with Crippen LogP contribution in [0, 0.1) is 12.7 Å². The summed E-state index contributed by atoms with van der Waals surface area (Å²) < 4.78 is 20.9. The number of hydrogen-bond acceptors (Lipinski definition) is 5. The molecule has 3 amide bonds. The number of carbonyl (C=O) groups excluding carboxylic acids is 2. The molecule has 0 unspecified atom stereocenters. The van der Waals surface area contributed by atoms with Gasteiger partial charge < -0.3 is 15.4 Å². The summed E-state index contributed by atoms with van der Waals surface area (Å²) in [5, 5.41) is 12.9. The van der Waals surface area contributed by atoms with Gasteiger partial charge in [-0.25, -0.2) is 13.9 Å². The Morgan fingerprint density at radius 2 is 1.66 bits per heavy atom. The van der Waals surface area contributed by atoms with Crippen LogP contribution >= 0.6 is 0 Å². The van der Waals surface area contributed by atoms with E-state index in [1.165, 1.54) is 25.4 Å². The van der Waals surface area contributed by atoms with Crippen LogP contribution < -0.4 is 20.7 Å². The highest BCUT2D eigenvalue weighted by Gasteiger charge is 2.22. The summed E-state index contributed by atoms with van der Waals surface area (Å²) in [6.45, 7) is 7.90. The zero-order valence-corrected chi connectivity index (χ0v) is 21.8. The van der Waals surface area contributed by atoms with Gasteiger partial charge >= 0.3 is 6.03 Å². The van der Waals surface area contributed by atoms with E-state index in [1.54, 1.807) is 53.2 Å². The molecule has 2 heterocycles. The average Bonchev–Trinajstić information content (AvgIpc) is 3.30. The first kappa shape index (κ1) is 26.3. The van der Waals surface area contributed by atoms with E-state index in [1.807, 2.05) is 27.7 Å². The quantitative estimate of drug-likeness (QED) is 0.300. The van der Waals surface area contributed by atoms with Crippen LogP contribution in [0.5, 0.6) is 11.5 Å². The highest BCUT2D eigenvalue weighted by Crippen LogP contribution is 2.28. The topological polar surface area (TPSA) is 110 Å². The van der Waals surface area contributed by atoms with Gasteiger partial charge in [-0.05, 0) is 61.0 Å². The maximum absolute atomic E-state index is 13.5. The van der Waals surface area contributed by atoms with Gasteiger partial charge in [0.2, 0.25) is 0 Å². The number of aryl methyl sites for hydroxylation is 1. The minimum Gasteiger partial charge on any atom is -0.457 e.